The Morgan fingerprint density at radius 2 is 0.771 bits per heavy atom. The second kappa shape index (κ2) is 15.9. The first-order valence-corrected chi connectivity index (χ1v) is 12.9. The SMILES string of the molecule is CN1CCCN2CCN(C)CCCN(CC1)CC2.O=S(=O)([O-])C(F)(F)F.O=S(=O)([O-])C(F)(F)F.[Fe+6]. The summed E-state index contributed by atoms with van der Waals surface area (Å²) in [5.41, 5.74) is -11.3. The number of likely N-dealkylation sites (N-methyl/N-ethyl adjacent to an activating group) is 2. The predicted molar refractivity (Wildman–Crippen MR) is 109 cm³/mol. The fourth-order valence-corrected chi connectivity index (χ4v) is 2.93. The largest absolute Gasteiger partial charge is 6.00 e. The summed E-state index contributed by atoms with van der Waals surface area (Å²) in [7, 11) is -7.65. The molecule has 2 aliphatic rings. The van der Waals surface area contributed by atoms with Gasteiger partial charge in [0.15, 0.2) is 20.2 Å². The molecule has 2 aliphatic heterocycles. The van der Waals surface area contributed by atoms with Gasteiger partial charge in [-0.1, -0.05) is 0 Å². The number of hydrogen-bond acceptors (Lipinski definition) is 10. The number of fused-ring (bicyclic) bond motifs is 3. The molecule has 0 saturated carbocycles. The second-order valence-corrected chi connectivity index (χ2v) is 10.5. The van der Waals surface area contributed by atoms with Crippen molar-refractivity contribution in [1.82, 2.24) is 19.6 Å². The topological polar surface area (TPSA) is 127 Å². The van der Waals surface area contributed by atoms with Gasteiger partial charge in [0, 0.05) is 39.3 Å². The van der Waals surface area contributed by atoms with Crippen molar-refractivity contribution in [1.29, 1.82) is 0 Å². The van der Waals surface area contributed by atoms with E-state index < -0.39 is 31.3 Å². The summed E-state index contributed by atoms with van der Waals surface area (Å²) in [6.07, 6.45) is 2.64. The molecule has 0 N–H and O–H groups in total. The summed E-state index contributed by atoms with van der Waals surface area (Å²) in [6, 6.07) is 0. The molecule has 0 aromatic heterocycles. The Morgan fingerprint density at radius 1 is 0.543 bits per heavy atom. The third kappa shape index (κ3) is 17.0. The molecular formula is C16H30F6FeN4O6S2+4. The van der Waals surface area contributed by atoms with Crippen LogP contribution in [0.5, 0.6) is 0 Å². The summed E-state index contributed by atoms with van der Waals surface area (Å²) in [5, 5.41) is 0. The smallest absolute Gasteiger partial charge is 0.741 e. The third-order valence-corrected chi connectivity index (χ3v) is 6.06. The Balaban J connectivity index is 0. The zero-order valence-electron chi connectivity index (χ0n) is 19.2. The quantitative estimate of drug-likeness (QED) is 0.165. The summed E-state index contributed by atoms with van der Waals surface area (Å²) >= 11 is 0. The van der Waals surface area contributed by atoms with Gasteiger partial charge in [-0.15, -0.1) is 0 Å². The van der Waals surface area contributed by atoms with Crippen LogP contribution in [0.1, 0.15) is 12.8 Å². The van der Waals surface area contributed by atoms with Gasteiger partial charge in [-0.2, -0.15) is 26.3 Å². The molecule has 0 radical (unpaired) electrons. The maximum absolute atomic E-state index is 10.7. The number of hydrogen-bond donors (Lipinski definition) is 0. The molecule has 0 aromatic rings. The van der Waals surface area contributed by atoms with E-state index in [4.69, 9.17) is 25.9 Å². The zero-order chi connectivity index (χ0) is 26.8. The minimum atomic E-state index is -6.09. The number of halogens is 6. The van der Waals surface area contributed by atoms with Crippen LogP contribution in [0.2, 0.25) is 0 Å². The Kier molecular flexibility index (Phi) is 16.8. The third-order valence-electron chi connectivity index (χ3n) is 4.92. The van der Waals surface area contributed by atoms with E-state index in [0.717, 1.165) is 0 Å². The maximum Gasteiger partial charge on any atom is 6.00 e. The van der Waals surface area contributed by atoms with Crippen molar-refractivity contribution < 1.29 is 69.4 Å². The number of nitrogens with zero attached hydrogens (tertiary/aromatic N) is 4. The van der Waals surface area contributed by atoms with Crippen LogP contribution in [0.25, 0.3) is 0 Å². The fourth-order valence-electron chi connectivity index (χ4n) is 2.93. The van der Waals surface area contributed by atoms with E-state index in [1.54, 1.807) is 0 Å². The molecule has 19 heteroatoms. The van der Waals surface area contributed by atoms with Crippen molar-refractivity contribution in [3.8, 4) is 0 Å². The van der Waals surface area contributed by atoms with Crippen molar-refractivity contribution in [2.75, 3.05) is 79.5 Å². The van der Waals surface area contributed by atoms with Crippen molar-refractivity contribution in [3.05, 3.63) is 0 Å². The second-order valence-electron chi connectivity index (χ2n) is 7.80. The van der Waals surface area contributed by atoms with Crippen LogP contribution in [0, 0.1) is 0 Å². The monoisotopic (exact) mass is 608 g/mol. The average molecular weight is 608 g/mol. The molecule has 2 atom stereocenters. The summed E-state index contributed by atoms with van der Waals surface area (Å²) in [4.78, 5) is 10.3. The minimum absolute atomic E-state index is 0. The van der Waals surface area contributed by atoms with Gasteiger partial charge in [0.25, 0.3) is 0 Å². The van der Waals surface area contributed by atoms with Gasteiger partial charge in [-0.3, -0.25) is 0 Å². The molecule has 2 fully saturated rings. The molecule has 0 amide bonds. The van der Waals surface area contributed by atoms with E-state index in [1.165, 1.54) is 78.3 Å². The molecule has 2 saturated heterocycles. The molecule has 0 aliphatic carbocycles. The molecular weight excluding hydrogens is 578 g/mol. The standard InChI is InChI=1S/C14H30N4.2CHF3O3S.Fe/c1-15-5-3-7-18-12-10-16(2)6-4-8-17(11-9-15)13-14-18;2*2-1(3,4)8(5,6)7;/h3-14H2,1-2H3;2*(H,5,6,7);/q;;;+6/p-2. The molecule has 0 spiro atoms. The zero-order valence-corrected chi connectivity index (χ0v) is 21.9. The number of rotatable bonds is 0. The first-order chi connectivity index (χ1) is 15.2. The van der Waals surface area contributed by atoms with Crippen LogP contribution < -0.4 is 0 Å². The van der Waals surface area contributed by atoms with E-state index in [0.29, 0.717) is 0 Å². The van der Waals surface area contributed by atoms with Gasteiger partial charge >= 0.3 is 28.1 Å². The van der Waals surface area contributed by atoms with Gasteiger partial charge in [-0.25, -0.2) is 16.8 Å². The van der Waals surface area contributed by atoms with Crippen LogP contribution in [0.4, 0.5) is 26.3 Å². The van der Waals surface area contributed by atoms with E-state index in [1.807, 2.05) is 0 Å². The van der Waals surface area contributed by atoms with Gasteiger partial charge < -0.3 is 28.7 Å². The van der Waals surface area contributed by atoms with E-state index in [9.17, 15) is 26.3 Å². The normalized spacial score (nSPS) is 24.1. The van der Waals surface area contributed by atoms with Crippen LogP contribution >= 0.6 is 0 Å². The number of alkyl halides is 6. The van der Waals surface area contributed by atoms with Crippen LogP contribution in [-0.2, 0) is 37.3 Å². The fraction of sp³-hybridized carbons (Fsp3) is 1.00. The van der Waals surface area contributed by atoms with E-state index in [2.05, 4.69) is 33.7 Å². The molecule has 2 bridgehead atoms. The molecule has 0 aromatic carbocycles. The minimum Gasteiger partial charge on any atom is -0.741 e. The van der Waals surface area contributed by atoms with Crippen molar-refractivity contribution in [3.63, 3.8) is 0 Å². The van der Waals surface area contributed by atoms with Gasteiger partial charge in [-0.05, 0) is 53.1 Å². The van der Waals surface area contributed by atoms with Crippen LogP contribution in [-0.4, -0.2) is 136 Å². The Labute approximate surface area is 212 Å². The summed E-state index contributed by atoms with van der Waals surface area (Å²) < 4.78 is 118. The molecule has 2 unspecified atom stereocenters. The van der Waals surface area contributed by atoms with Crippen molar-refractivity contribution in [2.24, 2.45) is 0 Å². The van der Waals surface area contributed by atoms with Crippen LogP contribution in [0.15, 0.2) is 0 Å². The first kappa shape index (κ1) is 36.9. The average Bonchev–Trinajstić information content (AvgIpc) is 2.64. The molecule has 2 rings (SSSR count). The van der Waals surface area contributed by atoms with E-state index >= 15 is 0 Å². The summed E-state index contributed by atoms with van der Waals surface area (Å²) in [5.74, 6) is 0. The van der Waals surface area contributed by atoms with Gasteiger partial charge in [0.05, 0.1) is 0 Å². The van der Waals surface area contributed by atoms with Gasteiger partial charge in [0.2, 0.25) is 0 Å². The Morgan fingerprint density at radius 3 is 1.00 bits per heavy atom. The van der Waals surface area contributed by atoms with Gasteiger partial charge in [0.1, 0.15) is 0 Å². The Hall–Kier alpha value is -0.241. The predicted octanol–water partition coefficient (Wildman–Crippen LogP) is 0.362. The first-order valence-electron chi connectivity index (χ1n) is 10.1. The molecule has 10 nitrogen and oxygen atoms in total. The summed E-state index contributed by atoms with van der Waals surface area (Å²) in [6.45, 7) is 12.5. The van der Waals surface area contributed by atoms with E-state index in [-0.39, 0.29) is 17.1 Å². The molecule has 208 valence electrons. The maximum atomic E-state index is 10.7. The van der Waals surface area contributed by atoms with Crippen molar-refractivity contribution >= 4 is 20.2 Å². The van der Waals surface area contributed by atoms with Crippen molar-refractivity contribution in [2.45, 2.75) is 23.9 Å². The molecule has 2 heterocycles. The molecule has 35 heavy (non-hydrogen) atoms. The van der Waals surface area contributed by atoms with Crippen LogP contribution in [0.3, 0.4) is 0 Å². The Bertz CT molecular complexity index is 735.